The third-order valence-corrected chi connectivity index (χ3v) is 3.46. The summed E-state index contributed by atoms with van der Waals surface area (Å²) in [4.78, 5) is 12.0. The molecule has 0 radical (unpaired) electrons. The average molecular weight is 295 g/mol. The van der Waals surface area contributed by atoms with Gasteiger partial charge in [0.25, 0.3) is 0 Å². The van der Waals surface area contributed by atoms with Crippen molar-refractivity contribution in [3.8, 4) is 17.2 Å². The first kappa shape index (κ1) is 15.4. The number of amides is 1. The Morgan fingerprint density at radius 1 is 1.19 bits per heavy atom. The summed E-state index contributed by atoms with van der Waals surface area (Å²) in [6.07, 6.45) is 1.36. The van der Waals surface area contributed by atoms with E-state index >= 15 is 0 Å². The van der Waals surface area contributed by atoms with Crippen LogP contribution in [0, 0.1) is 0 Å². The minimum absolute atomic E-state index is 0.0932. The second-order valence-corrected chi connectivity index (χ2v) is 4.74. The van der Waals surface area contributed by atoms with Gasteiger partial charge in [-0.05, 0) is 18.9 Å². The van der Waals surface area contributed by atoms with Gasteiger partial charge in [0, 0.05) is 24.8 Å². The maximum atomic E-state index is 12.0. The van der Waals surface area contributed by atoms with Gasteiger partial charge in [0.05, 0.1) is 21.3 Å². The fourth-order valence-electron chi connectivity index (χ4n) is 2.31. The van der Waals surface area contributed by atoms with Crippen molar-refractivity contribution in [3.63, 3.8) is 0 Å². The summed E-state index contributed by atoms with van der Waals surface area (Å²) in [5, 5.41) is 2.86. The van der Waals surface area contributed by atoms with Crippen LogP contribution in [-0.2, 0) is 16.1 Å². The van der Waals surface area contributed by atoms with Gasteiger partial charge in [-0.2, -0.15) is 0 Å². The van der Waals surface area contributed by atoms with E-state index in [4.69, 9.17) is 18.9 Å². The number of hydrogen-bond donors (Lipinski definition) is 1. The Morgan fingerprint density at radius 3 is 2.43 bits per heavy atom. The molecule has 0 aromatic heterocycles. The lowest BCUT2D eigenvalue weighted by molar-refractivity contribution is -0.130. The van der Waals surface area contributed by atoms with E-state index in [0.717, 1.165) is 18.4 Å². The topological polar surface area (TPSA) is 66.0 Å². The van der Waals surface area contributed by atoms with Gasteiger partial charge >= 0.3 is 0 Å². The van der Waals surface area contributed by atoms with Gasteiger partial charge in [-0.3, -0.25) is 4.79 Å². The lowest BCUT2D eigenvalue weighted by Gasteiger charge is -2.15. The van der Waals surface area contributed by atoms with Crippen LogP contribution in [0.25, 0.3) is 0 Å². The van der Waals surface area contributed by atoms with E-state index in [1.807, 2.05) is 0 Å². The highest BCUT2D eigenvalue weighted by Crippen LogP contribution is 2.34. The molecule has 116 valence electrons. The van der Waals surface area contributed by atoms with E-state index in [2.05, 4.69) is 5.32 Å². The van der Waals surface area contributed by atoms with Gasteiger partial charge in [-0.1, -0.05) is 0 Å². The SMILES string of the molecule is COc1cc(OC)c(OC)cc1CNC(=O)C1CCCO1. The molecule has 1 atom stereocenters. The molecule has 0 spiro atoms. The van der Waals surface area contributed by atoms with E-state index in [1.165, 1.54) is 0 Å². The number of nitrogens with one attached hydrogen (secondary N) is 1. The Balaban J connectivity index is 2.09. The highest BCUT2D eigenvalue weighted by Gasteiger charge is 2.23. The van der Waals surface area contributed by atoms with E-state index in [1.54, 1.807) is 33.5 Å². The molecule has 2 rings (SSSR count). The number of carbonyl (C=O) groups is 1. The number of ether oxygens (including phenoxy) is 4. The summed E-state index contributed by atoms with van der Waals surface area (Å²) in [5.74, 6) is 1.73. The first-order valence-electron chi connectivity index (χ1n) is 6.87. The van der Waals surface area contributed by atoms with Gasteiger partial charge in [-0.25, -0.2) is 0 Å². The molecule has 0 aliphatic carbocycles. The molecular formula is C15H21NO5. The molecule has 1 saturated heterocycles. The van der Waals surface area contributed by atoms with E-state index in [0.29, 0.717) is 30.4 Å². The molecule has 1 aromatic rings. The highest BCUT2D eigenvalue weighted by molar-refractivity contribution is 5.81. The monoisotopic (exact) mass is 295 g/mol. The predicted molar refractivity (Wildman–Crippen MR) is 76.9 cm³/mol. The number of carbonyl (C=O) groups excluding carboxylic acids is 1. The van der Waals surface area contributed by atoms with Crippen LogP contribution < -0.4 is 19.5 Å². The van der Waals surface area contributed by atoms with Crippen molar-refractivity contribution in [1.29, 1.82) is 0 Å². The summed E-state index contributed by atoms with van der Waals surface area (Å²) in [6.45, 7) is 1.000. The first-order valence-corrected chi connectivity index (χ1v) is 6.87. The fourth-order valence-corrected chi connectivity index (χ4v) is 2.31. The molecule has 0 bridgehead atoms. The molecule has 1 amide bonds. The van der Waals surface area contributed by atoms with E-state index in [-0.39, 0.29) is 12.0 Å². The quantitative estimate of drug-likeness (QED) is 0.861. The summed E-state index contributed by atoms with van der Waals surface area (Å²) >= 11 is 0. The Kier molecular flexibility index (Phi) is 5.27. The van der Waals surface area contributed by atoms with E-state index < -0.39 is 0 Å². The molecule has 1 aliphatic heterocycles. The zero-order chi connectivity index (χ0) is 15.2. The van der Waals surface area contributed by atoms with Crippen LogP contribution in [0.5, 0.6) is 17.2 Å². The Bertz CT molecular complexity index is 497. The lowest BCUT2D eigenvalue weighted by atomic mass is 10.1. The summed E-state index contributed by atoms with van der Waals surface area (Å²) < 4.78 is 21.2. The molecule has 1 fully saturated rings. The molecule has 6 nitrogen and oxygen atoms in total. The van der Waals surface area contributed by atoms with Crippen molar-refractivity contribution in [2.24, 2.45) is 0 Å². The highest BCUT2D eigenvalue weighted by atomic mass is 16.5. The van der Waals surface area contributed by atoms with Crippen molar-refractivity contribution in [2.45, 2.75) is 25.5 Å². The fraction of sp³-hybridized carbons (Fsp3) is 0.533. The van der Waals surface area contributed by atoms with Gasteiger partial charge < -0.3 is 24.3 Å². The summed E-state index contributed by atoms with van der Waals surface area (Å²) in [5.41, 5.74) is 0.821. The second-order valence-electron chi connectivity index (χ2n) is 4.74. The molecule has 1 aliphatic rings. The minimum Gasteiger partial charge on any atom is -0.496 e. The normalized spacial score (nSPS) is 17.4. The molecule has 6 heteroatoms. The smallest absolute Gasteiger partial charge is 0.249 e. The van der Waals surface area contributed by atoms with Gasteiger partial charge in [0.1, 0.15) is 11.9 Å². The molecule has 1 N–H and O–H groups in total. The number of benzene rings is 1. The zero-order valence-corrected chi connectivity index (χ0v) is 12.6. The van der Waals surface area contributed by atoms with Crippen LogP contribution in [0.3, 0.4) is 0 Å². The van der Waals surface area contributed by atoms with E-state index in [9.17, 15) is 4.79 Å². The third kappa shape index (κ3) is 3.58. The first-order chi connectivity index (χ1) is 10.2. The van der Waals surface area contributed by atoms with Crippen molar-refractivity contribution in [1.82, 2.24) is 5.32 Å². The maximum Gasteiger partial charge on any atom is 0.249 e. The maximum absolute atomic E-state index is 12.0. The lowest BCUT2D eigenvalue weighted by Crippen LogP contribution is -2.33. The van der Waals surface area contributed by atoms with Crippen LogP contribution in [0.2, 0.25) is 0 Å². The van der Waals surface area contributed by atoms with Gasteiger partial charge in [0.15, 0.2) is 11.5 Å². The molecule has 21 heavy (non-hydrogen) atoms. The Morgan fingerprint density at radius 2 is 1.86 bits per heavy atom. The largest absolute Gasteiger partial charge is 0.496 e. The van der Waals surface area contributed by atoms with Crippen molar-refractivity contribution < 1.29 is 23.7 Å². The van der Waals surface area contributed by atoms with Crippen molar-refractivity contribution in [3.05, 3.63) is 17.7 Å². The molecule has 1 heterocycles. The number of rotatable bonds is 6. The Labute approximate surface area is 124 Å². The Hall–Kier alpha value is -1.95. The summed E-state index contributed by atoms with van der Waals surface area (Å²) in [6, 6.07) is 3.54. The number of methoxy groups -OCH3 is 3. The third-order valence-electron chi connectivity index (χ3n) is 3.46. The molecule has 1 unspecified atom stereocenters. The van der Waals surface area contributed by atoms with Gasteiger partial charge in [-0.15, -0.1) is 0 Å². The average Bonchev–Trinajstić information content (AvgIpc) is 3.06. The zero-order valence-electron chi connectivity index (χ0n) is 12.6. The summed E-state index contributed by atoms with van der Waals surface area (Å²) in [7, 11) is 4.71. The molecular weight excluding hydrogens is 274 g/mol. The minimum atomic E-state index is -0.337. The second kappa shape index (κ2) is 7.17. The standard InChI is InChI=1S/C15H21NO5/c1-18-12-8-14(20-3)13(19-2)7-10(12)9-16-15(17)11-5-4-6-21-11/h7-8,11H,4-6,9H2,1-3H3,(H,16,17). The van der Waals surface area contributed by atoms with Crippen LogP contribution in [0.15, 0.2) is 12.1 Å². The van der Waals surface area contributed by atoms with Crippen LogP contribution in [0.1, 0.15) is 18.4 Å². The van der Waals surface area contributed by atoms with Crippen LogP contribution >= 0.6 is 0 Å². The van der Waals surface area contributed by atoms with Crippen LogP contribution in [-0.4, -0.2) is 39.9 Å². The van der Waals surface area contributed by atoms with Crippen molar-refractivity contribution >= 4 is 5.91 Å². The van der Waals surface area contributed by atoms with Crippen LogP contribution in [0.4, 0.5) is 0 Å². The number of hydrogen-bond acceptors (Lipinski definition) is 5. The molecule has 0 saturated carbocycles. The predicted octanol–water partition coefficient (Wildman–Crippen LogP) is 1.51. The van der Waals surface area contributed by atoms with Crippen molar-refractivity contribution in [2.75, 3.05) is 27.9 Å². The molecule has 1 aromatic carbocycles. The van der Waals surface area contributed by atoms with Gasteiger partial charge in [0.2, 0.25) is 5.91 Å².